The second-order valence-corrected chi connectivity index (χ2v) is 13.3. The summed E-state index contributed by atoms with van der Waals surface area (Å²) >= 11 is 0. The lowest BCUT2D eigenvalue weighted by molar-refractivity contribution is 0.590. The van der Waals surface area contributed by atoms with Gasteiger partial charge in [0.15, 0.2) is 0 Å². The van der Waals surface area contributed by atoms with Gasteiger partial charge >= 0.3 is 0 Å². The van der Waals surface area contributed by atoms with Crippen molar-refractivity contribution in [3.05, 3.63) is 169 Å². The molecule has 1 aliphatic rings. The summed E-state index contributed by atoms with van der Waals surface area (Å²) in [5.41, 5.74) is 10.1. The average molecular weight is 593 g/mol. The van der Waals surface area contributed by atoms with Gasteiger partial charge in [-0.3, -0.25) is 4.98 Å². The molecule has 8 rings (SSSR count). The van der Waals surface area contributed by atoms with Gasteiger partial charge in [-0.1, -0.05) is 130 Å². The lowest BCUT2D eigenvalue weighted by Gasteiger charge is -2.21. The molecule has 1 aliphatic heterocycles. The maximum atomic E-state index is 4.15. The van der Waals surface area contributed by atoms with Crippen LogP contribution in [0.4, 0.5) is 0 Å². The molecule has 7 aromatic rings. The fourth-order valence-electron chi connectivity index (χ4n) is 6.91. The molecule has 2 heteroatoms. The first kappa shape index (κ1) is 28.0. The minimum absolute atomic E-state index is 0.116. The van der Waals surface area contributed by atoms with E-state index < -0.39 is 0 Å². The molecular formula is C44H36N2. The van der Waals surface area contributed by atoms with Gasteiger partial charge in [-0.2, -0.15) is 0 Å². The van der Waals surface area contributed by atoms with E-state index in [0.717, 1.165) is 0 Å². The first-order valence-electron chi connectivity index (χ1n) is 16.1. The number of aromatic nitrogens is 1. The molecule has 0 radical (unpaired) electrons. The Hall–Kier alpha value is -5.47. The smallest absolute Gasteiger partial charge is 0.0697 e. The van der Waals surface area contributed by atoms with E-state index >= 15 is 0 Å². The van der Waals surface area contributed by atoms with Crippen LogP contribution in [0.25, 0.3) is 60.1 Å². The van der Waals surface area contributed by atoms with Crippen LogP contribution in [0.3, 0.4) is 0 Å². The predicted molar refractivity (Wildman–Crippen MR) is 196 cm³/mol. The van der Waals surface area contributed by atoms with E-state index in [9.17, 15) is 0 Å². The molecule has 2 heterocycles. The largest absolute Gasteiger partial charge is 0.380 e. The standard InChI is InChI=1S/C44H36N2/c1-44(2,3)36-19-16-31(17-20-36)42-37-8-4-6-10-39(37)43(40-11-7-5-9-38(40)42)33-15-13-29-12-14-32(26-35(29)27-33)34-18-21-41(46-28-34)30-22-24-45-25-23-30/h4-28,41,46H,1-3H3. The first-order chi connectivity index (χ1) is 22.4. The van der Waals surface area contributed by atoms with Gasteiger partial charge in [0.1, 0.15) is 0 Å². The topological polar surface area (TPSA) is 24.9 Å². The van der Waals surface area contributed by atoms with Crippen molar-refractivity contribution in [3.63, 3.8) is 0 Å². The highest BCUT2D eigenvalue weighted by molar-refractivity contribution is 6.21. The van der Waals surface area contributed by atoms with Crippen molar-refractivity contribution in [1.29, 1.82) is 0 Å². The highest BCUT2D eigenvalue weighted by Gasteiger charge is 2.19. The number of hydrogen-bond acceptors (Lipinski definition) is 2. The van der Waals surface area contributed by atoms with Crippen molar-refractivity contribution in [2.24, 2.45) is 0 Å². The van der Waals surface area contributed by atoms with E-state index in [1.807, 2.05) is 12.4 Å². The third kappa shape index (κ3) is 4.97. The number of dihydropyridines is 1. The number of allylic oxidation sites excluding steroid dienone is 2. The van der Waals surface area contributed by atoms with Crippen LogP contribution in [-0.2, 0) is 5.41 Å². The van der Waals surface area contributed by atoms with Gasteiger partial charge in [-0.25, -0.2) is 0 Å². The summed E-state index contributed by atoms with van der Waals surface area (Å²) in [5, 5.41) is 11.1. The lowest BCUT2D eigenvalue weighted by atomic mass is 9.83. The van der Waals surface area contributed by atoms with Crippen molar-refractivity contribution in [2.45, 2.75) is 32.2 Å². The Morgan fingerprint density at radius 1 is 0.565 bits per heavy atom. The molecule has 1 atom stereocenters. The van der Waals surface area contributed by atoms with Crippen molar-refractivity contribution in [2.75, 3.05) is 0 Å². The van der Waals surface area contributed by atoms with Crippen LogP contribution in [0, 0.1) is 0 Å². The fraction of sp³-hybridized carbons (Fsp3) is 0.114. The van der Waals surface area contributed by atoms with Crippen LogP contribution >= 0.6 is 0 Å². The van der Waals surface area contributed by atoms with Crippen molar-refractivity contribution in [1.82, 2.24) is 10.3 Å². The van der Waals surface area contributed by atoms with E-state index in [-0.39, 0.29) is 11.5 Å². The molecule has 0 spiro atoms. The lowest BCUT2D eigenvalue weighted by Crippen LogP contribution is -2.16. The van der Waals surface area contributed by atoms with E-state index in [0.29, 0.717) is 0 Å². The van der Waals surface area contributed by atoms with Crippen LogP contribution in [0.15, 0.2) is 152 Å². The average Bonchev–Trinajstić information content (AvgIpc) is 3.10. The van der Waals surface area contributed by atoms with Gasteiger partial charge in [0.25, 0.3) is 0 Å². The second-order valence-electron chi connectivity index (χ2n) is 13.3. The summed E-state index contributed by atoms with van der Waals surface area (Å²) in [5.74, 6) is 0. The molecule has 222 valence electrons. The Kier molecular flexibility index (Phi) is 6.80. The Balaban J connectivity index is 1.24. The van der Waals surface area contributed by atoms with Gasteiger partial charge in [-0.15, -0.1) is 0 Å². The molecule has 1 N–H and O–H groups in total. The zero-order valence-corrected chi connectivity index (χ0v) is 26.5. The molecule has 2 nitrogen and oxygen atoms in total. The highest BCUT2D eigenvalue weighted by atomic mass is 14.9. The molecule has 0 saturated carbocycles. The van der Waals surface area contributed by atoms with Crippen molar-refractivity contribution < 1.29 is 0 Å². The molecule has 0 amide bonds. The molecule has 6 aromatic carbocycles. The van der Waals surface area contributed by atoms with Gasteiger partial charge in [0, 0.05) is 18.6 Å². The molecule has 0 bridgehead atoms. The summed E-state index contributed by atoms with van der Waals surface area (Å²) in [6, 6.07) is 44.9. The monoisotopic (exact) mass is 592 g/mol. The molecule has 1 aromatic heterocycles. The van der Waals surface area contributed by atoms with Gasteiger partial charge in [-0.05, 0) is 107 Å². The molecule has 1 unspecified atom stereocenters. The Morgan fingerprint density at radius 3 is 1.67 bits per heavy atom. The summed E-state index contributed by atoms with van der Waals surface area (Å²) < 4.78 is 0. The van der Waals surface area contributed by atoms with Crippen LogP contribution in [0.2, 0.25) is 0 Å². The predicted octanol–water partition coefficient (Wildman–Crippen LogP) is 11.4. The van der Waals surface area contributed by atoms with Crippen LogP contribution in [0.5, 0.6) is 0 Å². The van der Waals surface area contributed by atoms with Crippen LogP contribution in [0.1, 0.15) is 43.5 Å². The molecule has 46 heavy (non-hydrogen) atoms. The normalized spacial score (nSPS) is 14.8. The number of nitrogens with zero attached hydrogens (tertiary/aromatic N) is 1. The Morgan fingerprint density at radius 2 is 1.11 bits per heavy atom. The number of fused-ring (bicyclic) bond motifs is 3. The third-order valence-corrected chi connectivity index (χ3v) is 9.39. The van der Waals surface area contributed by atoms with Gasteiger partial charge in [0.2, 0.25) is 0 Å². The number of nitrogens with one attached hydrogen (secondary N) is 1. The molecule has 0 fully saturated rings. The first-order valence-corrected chi connectivity index (χ1v) is 16.1. The van der Waals surface area contributed by atoms with Crippen LogP contribution < -0.4 is 5.32 Å². The minimum atomic E-state index is 0.116. The Bertz CT molecular complexity index is 2250. The molecule has 0 aliphatic carbocycles. The summed E-state index contributed by atoms with van der Waals surface area (Å²) in [4.78, 5) is 4.15. The summed E-state index contributed by atoms with van der Waals surface area (Å²) in [6.07, 6.45) is 10.3. The quantitative estimate of drug-likeness (QED) is 0.206. The zero-order valence-electron chi connectivity index (χ0n) is 26.5. The van der Waals surface area contributed by atoms with Crippen molar-refractivity contribution >= 4 is 37.9 Å². The molecule has 0 saturated heterocycles. The molecular weight excluding hydrogens is 556 g/mol. The van der Waals surface area contributed by atoms with E-state index in [1.54, 1.807) is 0 Å². The third-order valence-electron chi connectivity index (χ3n) is 9.39. The number of rotatable bonds is 4. The van der Waals surface area contributed by atoms with Gasteiger partial charge < -0.3 is 5.32 Å². The van der Waals surface area contributed by atoms with Gasteiger partial charge in [0.05, 0.1) is 6.04 Å². The van der Waals surface area contributed by atoms with E-state index in [4.69, 9.17) is 0 Å². The maximum Gasteiger partial charge on any atom is 0.0697 e. The SMILES string of the molecule is CC(C)(C)c1ccc(-c2c3ccccc3c(-c3ccc4ccc(C5=CNC(c6ccncc6)C=C5)cc4c3)c3ccccc23)cc1. The van der Waals surface area contributed by atoms with Crippen LogP contribution in [-0.4, -0.2) is 4.98 Å². The number of hydrogen-bond donors (Lipinski definition) is 1. The number of benzene rings is 6. The highest BCUT2D eigenvalue weighted by Crippen LogP contribution is 2.44. The Labute approximate surface area is 270 Å². The number of pyridine rings is 1. The minimum Gasteiger partial charge on any atom is -0.380 e. The second kappa shape index (κ2) is 11.2. The summed E-state index contributed by atoms with van der Waals surface area (Å²) in [7, 11) is 0. The van der Waals surface area contributed by atoms with Crippen molar-refractivity contribution in [3.8, 4) is 22.3 Å². The summed E-state index contributed by atoms with van der Waals surface area (Å²) in [6.45, 7) is 6.81. The zero-order chi connectivity index (χ0) is 31.3. The van der Waals surface area contributed by atoms with E-state index in [1.165, 1.54) is 76.8 Å². The van der Waals surface area contributed by atoms with E-state index in [2.05, 4.69) is 171 Å². The maximum absolute atomic E-state index is 4.15. The fourth-order valence-corrected chi connectivity index (χ4v) is 6.91.